The molecule has 0 spiro atoms. The fourth-order valence-electron chi connectivity index (χ4n) is 3.27. The van der Waals surface area contributed by atoms with Gasteiger partial charge in [-0.1, -0.05) is 0 Å². The van der Waals surface area contributed by atoms with Gasteiger partial charge in [0, 0.05) is 30.5 Å². The Kier molecular flexibility index (Phi) is 4.16. The average molecular weight is 288 g/mol. The summed E-state index contributed by atoms with van der Waals surface area (Å²) in [6.07, 6.45) is 8.11. The van der Waals surface area contributed by atoms with E-state index in [1.54, 1.807) is 0 Å². The van der Waals surface area contributed by atoms with Gasteiger partial charge in [-0.3, -0.25) is 0 Å². The van der Waals surface area contributed by atoms with Crippen molar-refractivity contribution in [2.24, 2.45) is 5.92 Å². The first-order valence-electron chi connectivity index (χ1n) is 8.36. The van der Waals surface area contributed by atoms with Crippen LogP contribution in [0.5, 0.6) is 0 Å². The summed E-state index contributed by atoms with van der Waals surface area (Å²) in [5.74, 6) is 1.68. The van der Waals surface area contributed by atoms with E-state index in [2.05, 4.69) is 42.2 Å². The number of fused-ring (bicyclic) bond motifs is 1. The van der Waals surface area contributed by atoms with Gasteiger partial charge < -0.3 is 10.2 Å². The molecule has 1 aromatic heterocycles. The first kappa shape index (κ1) is 14.8. The third kappa shape index (κ3) is 3.73. The SMILES string of the molecule is CC(C)(C)NCC1CCc2nc(N3CCCC3)ncc2C1. The van der Waals surface area contributed by atoms with Gasteiger partial charge in [-0.2, -0.15) is 0 Å². The lowest BCUT2D eigenvalue weighted by Crippen LogP contribution is -2.40. The number of rotatable bonds is 3. The smallest absolute Gasteiger partial charge is 0.225 e. The molecule has 0 radical (unpaired) electrons. The summed E-state index contributed by atoms with van der Waals surface area (Å²) in [6.45, 7) is 10.0. The minimum atomic E-state index is 0.205. The zero-order valence-electron chi connectivity index (χ0n) is 13.7. The van der Waals surface area contributed by atoms with Crippen LogP contribution >= 0.6 is 0 Å². The summed E-state index contributed by atoms with van der Waals surface area (Å²) < 4.78 is 0. The summed E-state index contributed by atoms with van der Waals surface area (Å²) >= 11 is 0. The summed E-state index contributed by atoms with van der Waals surface area (Å²) in [5, 5.41) is 3.63. The standard InChI is InChI=1S/C17H28N4/c1-17(2,3)19-11-13-6-7-15-14(10-13)12-18-16(20-15)21-8-4-5-9-21/h12-13,19H,4-11H2,1-3H3. The number of hydrogen-bond acceptors (Lipinski definition) is 4. The molecule has 2 heterocycles. The quantitative estimate of drug-likeness (QED) is 0.928. The number of hydrogen-bond donors (Lipinski definition) is 1. The molecule has 0 saturated carbocycles. The molecule has 0 bridgehead atoms. The van der Waals surface area contributed by atoms with Gasteiger partial charge >= 0.3 is 0 Å². The lowest BCUT2D eigenvalue weighted by Gasteiger charge is -2.29. The molecule has 1 atom stereocenters. The highest BCUT2D eigenvalue weighted by molar-refractivity contribution is 5.35. The maximum Gasteiger partial charge on any atom is 0.225 e. The largest absolute Gasteiger partial charge is 0.341 e. The Balaban J connectivity index is 1.64. The van der Waals surface area contributed by atoms with Crippen molar-refractivity contribution in [3.8, 4) is 0 Å². The second-order valence-electron chi connectivity index (χ2n) is 7.58. The van der Waals surface area contributed by atoms with Gasteiger partial charge in [0.25, 0.3) is 0 Å². The number of anilines is 1. The highest BCUT2D eigenvalue weighted by Gasteiger charge is 2.23. The van der Waals surface area contributed by atoms with E-state index in [0.29, 0.717) is 0 Å². The Morgan fingerprint density at radius 2 is 2.05 bits per heavy atom. The molecule has 0 amide bonds. The van der Waals surface area contributed by atoms with Crippen LogP contribution in [-0.2, 0) is 12.8 Å². The number of aryl methyl sites for hydroxylation is 1. The van der Waals surface area contributed by atoms with Crippen LogP contribution in [0.25, 0.3) is 0 Å². The molecule has 1 fully saturated rings. The average Bonchev–Trinajstić information content (AvgIpc) is 2.98. The van der Waals surface area contributed by atoms with Crippen molar-refractivity contribution in [3.05, 3.63) is 17.5 Å². The number of aromatic nitrogens is 2. The van der Waals surface area contributed by atoms with Crippen LogP contribution in [0, 0.1) is 5.92 Å². The molecule has 0 aromatic carbocycles. The van der Waals surface area contributed by atoms with Gasteiger partial charge in [0.15, 0.2) is 0 Å². The van der Waals surface area contributed by atoms with Gasteiger partial charge in [0.1, 0.15) is 0 Å². The summed E-state index contributed by atoms with van der Waals surface area (Å²) in [5.41, 5.74) is 2.86. The Labute approximate surface area is 128 Å². The van der Waals surface area contributed by atoms with Crippen LogP contribution in [0.2, 0.25) is 0 Å². The Bertz CT molecular complexity index is 486. The van der Waals surface area contributed by atoms with Gasteiger partial charge in [-0.05, 0) is 70.9 Å². The number of nitrogens with one attached hydrogen (secondary N) is 1. The third-order valence-corrected chi connectivity index (χ3v) is 4.55. The van der Waals surface area contributed by atoms with E-state index in [1.807, 2.05) is 0 Å². The molecule has 1 unspecified atom stereocenters. The third-order valence-electron chi connectivity index (χ3n) is 4.55. The molecule has 3 rings (SSSR count). The fraction of sp³-hybridized carbons (Fsp3) is 0.765. The minimum absolute atomic E-state index is 0.205. The molecular weight excluding hydrogens is 260 g/mol. The summed E-state index contributed by atoms with van der Waals surface area (Å²) in [7, 11) is 0. The van der Waals surface area contributed by atoms with Gasteiger partial charge in [-0.25, -0.2) is 9.97 Å². The van der Waals surface area contributed by atoms with Crippen LogP contribution in [-0.4, -0.2) is 35.1 Å². The van der Waals surface area contributed by atoms with E-state index in [4.69, 9.17) is 4.98 Å². The topological polar surface area (TPSA) is 41.1 Å². The molecule has 21 heavy (non-hydrogen) atoms. The highest BCUT2D eigenvalue weighted by Crippen LogP contribution is 2.26. The van der Waals surface area contributed by atoms with Crippen molar-refractivity contribution >= 4 is 5.95 Å². The maximum atomic E-state index is 4.83. The predicted molar refractivity (Wildman–Crippen MR) is 86.7 cm³/mol. The Morgan fingerprint density at radius 3 is 2.76 bits per heavy atom. The van der Waals surface area contributed by atoms with Crippen molar-refractivity contribution in [3.63, 3.8) is 0 Å². The Morgan fingerprint density at radius 1 is 1.29 bits per heavy atom. The van der Waals surface area contributed by atoms with Gasteiger partial charge in [0.2, 0.25) is 5.95 Å². The maximum absolute atomic E-state index is 4.83. The van der Waals surface area contributed by atoms with E-state index >= 15 is 0 Å². The fourth-order valence-corrected chi connectivity index (χ4v) is 3.27. The lowest BCUT2D eigenvalue weighted by atomic mass is 9.87. The number of nitrogens with zero attached hydrogens (tertiary/aromatic N) is 3. The van der Waals surface area contributed by atoms with Crippen molar-refractivity contribution in [2.75, 3.05) is 24.5 Å². The van der Waals surface area contributed by atoms with Crippen LogP contribution in [0.1, 0.15) is 51.3 Å². The lowest BCUT2D eigenvalue weighted by molar-refractivity contribution is 0.347. The van der Waals surface area contributed by atoms with Crippen LogP contribution < -0.4 is 10.2 Å². The van der Waals surface area contributed by atoms with Gasteiger partial charge in [0.05, 0.1) is 0 Å². The molecule has 116 valence electrons. The Hall–Kier alpha value is -1.16. The molecule has 1 aliphatic carbocycles. The van der Waals surface area contributed by atoms with Crippen molar-refractivity contribution in [1.82, 2.24) is 15.3 Å². The van der Waals surface area contributed by atoms with Crippen LogP contribution in [0.3, 0.4) is 0 Å². The molecule has 1 aromatic rings. The van der Waals surface area contributed by atoms with E-state index in [9.17, 15) is 0 Å². The van der Waals surface area contributed by atoms with E-state index < -0.39 is 0 Å². The summed E-state index contributed by atoms with van der Waals surface area (Å²) in [4.78, 5) is 11.8. The second-order valence-corrected chi connectivity index (χ2v) is 7.58. The molecule has 1 saturated heterocycles. The van der Waals surface area contributed by atoms with Crippen molar-refractivity contribution in [1.29, 1.82) is 0 Å². The van der Waals surface area contributed by atoms with E-state index in [0.717, 1.165) is 44.3 Å². The highest BCUT2D eigenvalue weighted by atomic mass is 15.3. The second kappa shape index (κ2) is 5.91. The van der Waals surface area contributed by atoms with E-state index in [1.165, 1.54) is 30.5 Å². The molecule has 2 aliphatic rings. The van der Waals surface area contributed by atoms with Crippen LogP contribution in [0.15, 0.2) is 6.20 Å². The van der Waals surface area contributed by atoms with E-state index in [-0.39, 0.29) is 5.54 Å². The van der Waals surface area contributed by atoms with Crippen LogP contribution in [0.4, 0.5) is 5.95 Å². The zero-order valence-corrected chi connectivity index (χ0v) is 13.7. The molecule has 1 N–H and O–H groups in total. The first-order chi connectivity index (χ1) is 10.0. The predicted octanol–water partition coefficient (Wildman–Crippen LogP) is 2.57. The monoisotopic (exact) mass is 288 g/mol. The molecule has 4 nitrogen and oxygen atoms in total. The molecular formula is C17H28N4. The first-order valence-corrected chi connectivity index (χ1v) is 8.36. The summed E-state index contributed by atoms with van der Waals surface area (Å²) in [6, 6.07) is 0. The minimum Gasteiger partial charge on any atom is -0.341 e. The normalized spacial score (nSPS) is 22.4. The van der Waals surface area contributed by atoms with Crippen molar-refractivity contribution < 1.29 is 0 Å². The molecule has 4 heteroatoms. The zero-order chi connectivity index (χ0) is 14.9. The van der Waals surface area contributed by atoms with Crippen molar-refractivity contribution in [2.45, 2.75) is 58.4 Å². The molecule has 1 aliphatic heterocycles. The van der Waals surface area contributed by atoms with Gasteiger partial charge in [-0.15, -0.1) is 0 Å².